The van der Waals surface area contributed by atoms with E-state index in [2.05, 4.69) is 15.6 Å². The average molecular weight is 367 g/mol. The van der Waals surface area contributed by atoms with Crippen LogP contribution in [0.1, 0.15) is 16.8 Å². The number of thioether (sulfide) groups is 2. The second-order valence-electron chi connectivity index (χ2n) is 5.03. The van der Waals surface area contributed by atoms with Crippen LogP contribution in [0.25, 0.3) is 0 Å². The number of methoxy groups -OCH3 is 1. The Morgan fingerprint density at radius 3 is 2.88 bits per heavy atom. The highest BCUT2D eigenvalue weighted by molar-refractivity contribution is 8.14. The van der Waals surface area contributed by atoms with Gasteiger partial charge in [0.15, 0.2) is 5.17 Å². The summed E-state index contributed by atoms with van der Waals surface area (Å²) in [5.41, 5.74) is 0.412. The Morgan fingerprint density at radius 1 is 1.42 bits per heavy atom. The number of carbonyl (C=O) groups excluding carboxylic acids is 2. The number of para-hydroxylation sites is 1. The molecular weight excluding hydrogens is 346 g/mol. The van der Waals surface area contributed by atoms with E-state index < -0.39 is 6.04 Å². The number of nitrogens with zero attached hydrogens (tertiary/aromatic N) is 1. The minimum absolute atomic E-state index is 0.236. The number of rotatable bonds is 7. The number of benzene rings is 1. The smallest absolute Gasteiger partial charge is 0.255 e. The van der Waals surface area contributed by atoms with E-state index in [9.17, 15) is 9.59 Å². The molecule has 0 spiro atoms. The first-order valence-electron chi connectivity index (χ1n) is 7.56. The Balaban J connectivity index is 2.06. The van der Waals surface area contributed by atoms with Crippen LogP contribution in [0.3, 0.4) is 0 Å². The lowest BCUT2D eigenvalue weighted by Crippen LogP contribution is -2.48. The predicted octanol–water partition coefficient (Wildman–Crippen LogP) is 1.77. The quantitative estimate of drug-likeness (QED) is 0.768. The van der Waals surface area contributed by atoms with Gasteiger partial charge in [-0.25, -0.2) is 0 Å². The summed E-state index contributed by atoms with van der Waals surface area (Å²) >= 11 is 3.14. The number of amidine groups is 1. The zero-order chi connectivity index (χ0) is 17.4. The lowest BCUT2D eigenvalue weighted by atomic mass is 10.1. The molecule has 0 fully saturated rings. The van der Waals surface area contributed by atoms with Gasteiger partial charge in [-0.1, -0.05) is 23.9 Å². The minimum atomic E-state index is -0.612. The van der Waals surface area contributed by atoms with Crippen LogP contribution in [0.4, 0.5) is 0 Å². The van der Waals surface area contributed by atoms with E-state index in [0.717, 1.165) is 11.5 Å². The first kappa shape index (κ1) is 18.7. The molecular formula is C16H21N3O3S2. The van der Waals surface area contributed by atoms with E-state index in [0.29, 0.717) is 29.4 Å². The van der Waals surface area contributed by atoms with Crippen LogP contribution in [-0.4, -0.2) is 54.4 Å². The lowest BCUT2D eigenvalue weighted by molar-refractivity contribution is -0.121. The average Bonchev–Trinajstić information content (AvgIpc) is 3.11. The zero-order valence-corrected chi connectivity index (χ0v) is 15.3. The van der Waals surface area contributed by atoms with Crippen molar-refractivity contribution in [2.75, 3.05) is 31.4 Å². The maximum absolute atomic E-state index is 12.5. The van der Waals surface area contributed by atoms with Gasteiger partial charge in [0.1, 0.15) is 11.8 Å². The molecule has 1 aromatic rings. The van der Waals surface area contributed by atoms with Gasteiger partial charge in [0.25, 0.3) is 5.91 Å². The molecule has 1 heterocycles. The van der Waals surface area contributed by atoms with Crippen molar-refractivity contribution in [2.45, 2.75) is 12.5 Å². The summed E-state index contributed by atoms with van der Waals surface area (Å²) < 4.78 is 5.21. The monoisotopic (exact) mass is 367 g/mol. The summed E-state index contributed by atoms with van der Waals surface area (Å²) in [7, 11) is 1.51. The van der Waals surface area contributed by atoms with E-state index in [-0.39, 0.29) is 11.8 Å². The molecule has 0 bridgehead atoms. The van der Waals surface area contributed by atoms with Crippen LogP contribution in [-0.2, 0) is 4.79 Å². The number of hydrogen-bond acceptors (Lipinski definition) is 6. The maximum atomic E-state index is 12.5. The number of nitrogens with one attached hydrogen (secondary N) is 2. The Kier molecular flexibility index (Phi) is 7.45. The van der Waals surface area contributed by atoms with Gasteiger partial charge >= 0.3 is 0 Å². The zero-order valence-electron chi connectivity index (χ0n) is 13.7. The van der Waals surface area contributed by atoms with Crippen molar-refractivity contribution in [2.24, 2.45) is 4.99 Å². The second kappa shape index (κ2) is 9.58. The first-order chi connectivity index (χ1) is 11.7. The molecule has 1 aliphatic rings. The molecule has 0 radical (unpaired) electrons. The maximum Gasteiger partial charge on any atom is 0.255 e. The van der Waals surface area contributed by atoms with E-state index in [1.54, 1.807) is 36.0 Å². The van der Waals surface area contributed by atoms with Crippen LogP contribution in [0.2, 0.25) is 0 Å². The molecule has 1 aliphatic heterocycles. The molecule has 0 saturated carbocycles. The number of carbonyl (C=O) groups is 2. The van der Waals surface area contributed by atoms with Crippen molar-refractivity contribution in [1.29, 1.82) is 0 Å². The van der Waals surface area contributed by atoms with Crippen molar-refractivity contribution >= 4 is 40.5 Å². The third-order valence-electron chi connectivity index (χ3n) is 3.40. The summed E-state index contributed by atoms with van der Waals surface area (Å²) in [6, 6.07) is 6.34. The van der Waals surface area contributed by atoms with Crippen molar-refractivity contribution in [3.8, 4) is 5.75 Å². The topological polar surface area (TPSA) is 79.8 Å². The van der Waals surface area contributed by atoms with Gasteiger partial charge in [-0.2, -0.15) is 11.8 Å². The van der Waals surface area contributed by atoms with Crippen LogP contribution < -0.4 is 15.4 Å². The number of aliphatic imine (C=N–C) groups is 1. The summed E-state index contributed by atoms with van der Waals surface area (Å²) in [6.07, 6.45) is 2.51. The van der Waals surface area contributed by atoms with Crippen molar-refractivity contribution < 1.29 is 14.3 Å². The fraction of sp³-hybridized carbons (Fsp3) is 0.438. The molecule has 24 heavy (non-hydrogen) atoms. The van der Waals surface area contributed by atoms with Gasteiger partial charge in [-0.05, 0) is 30.6 Å². The minimum Gasteiger partial charge on any atom is -0.496 e. The first-order valence-corrected chi connectivity index (χ1v) is 9.94. The highest BCUT2D eigenvalue weighted by Crippen LogP contribution is 2.17. The predicted molar refractivity (Wildman–Crippen MR) is 100 cm³/mol. The Bertz CT molecular complexity index is 622. The highest BCUT2D eigenvalue weighted by atomic mass is 32.2. The molecule has 8 heteroatoms. The standard InChI is InChI=1S/C16H21N3O3S2/c1-22-13-6-4-3-5-11(13)14(20)18-12(7-9-23-2)15(21)19-16-17-8-10-24-16/h3-6,12H,7-10H2,1-2H3,(H,18,20)(H,17,19,21)/t12-/m1/s1. The van der Waals surface area contributed by atoms with Crippen LogP contribution in [0, 0.1) is 0 Å². The molecule has 2 amide bonds. The molecule has 1 aromatic carbocycles. The Morgan fingerprint density at radius 2 is 2.21 bits per heavy atom. The van der Waals surface area contributed by atoms with E-state index >= 15 is 0 Å². The van der Waals surface area contributed by atoms with Gasteiger partial charge in [0, 0.05) is 5.75 Å². The fourth-order valence-electron chi connectivity index (χ4n) is 2.18. The summed E-state index contributed by atoms with van der Waals surface area (Å²) in [5.74, 6) is 1.56. The van der Waals surface area contributed by atoms with Gasteiger partial charge in [-0.3, -0.25) is 14.6 Å². The van der Waals surface area contributed by atoms with E-state index in [4.69, 9.17) is 4.74 Å². The molecule has 2 rings (SSSR count). The lowest BCUT2D eigenvalue weighted by Gasteiger charge is -2.18. The highest BCUT2D eigenvalue weighted by Gasteiger charge is 2.24. The Hall–Kier alpha value is -1.67. The van der Waals surface area contributed by atoms with Gasteiger partial charge in [0.05, 0.1) is 19.2 Å². The van der Waals surface area contributed by atoms with E-state index in [1.807, 2.05) is 6.26 Å². The third-order valence-corrected chi connectivity index (χ3v) is 4.93. The van der Waals surface area contributed by atoms with Gasteiger partial charge in [-0.15, -0.1) is 0 Å². The third kappa shape index (κ3) is 5.17. The number of ether oxygens (including phenoxy) is 1. The summed E-state index contributed by atoms with van der Waals surface area (Å²) in [5, 5.41) is 6.23. The van der Waals surface area contributed by atoms with Crippen molar-refractivity contribution in [3.05, 3.63) is 29.8 Å². The molecule has 0 unspecified atom stereocenters. The van der Waals surface area contributed by atoms with Crippen LogP contribution in [0.15, 0.2) is 29.3 Å². The van der Waals surface area contributed by atoms with Crippen molar-refractivity contribution in [1.82, 2.24) is 10.6 Å². The Labute approximate surface area is 150 Å². The fourth-order valence-corrected chi connectivity index (χ4v) is 3.38. The molecule has 2 N–H and O–H groups in total. The van der Waals surface area contributed by atoms with Crippen LogP contribution in [0.5, 0.6) is 5.75 Å². The van der Waals surface area contributed by atoms with E-state index in [1.165, 1.54) is 18.9 Å². The molecule has 0 saturated heterocycles. The number of hydrogen-bond donors (Lipinski definition) is 2. The molecule has 130 valence electrons. The normalized spacial score (nSPS) is 14.7. The molecule has 0 aliphatic carbocycles. The largest absolute Gasteiger partial charge is 0.496 e. The van der Waals surface area contributed by atoms with Crippen LogP contribution >= 0.6 is 23.5 Å². The molecule has 0 aromatic heterocycles. The SMILES string of the molecule is COc1ccccc1C(=O)N[C@H](CCSC)C(=O)NC1=NCCS1. The number of amides is 2. The van der Waals surface area contributed by atoms with Gasteiger partial charge < -0.3 is 15.4 Å². The summed E-state index contributed by atoms with van der Waals surface area (Å²) in [6.45, 7) is 0.712. The van der Waals surface area contributed by atoms with Crippen molar-refractivity contribution in [3.63, 3.8) is 0 Å². The molecule has 6 nitrogen and oxygen atoms in total. The summed E-state index contributed by atoms with van der Waals surface area (Å²) in [4.78, 5) is 29.2. The molecule has 1 atom stereocenters. The van der Waals surface area contributed by atoms with Gasteiger partial charge in [0.2, 0.25) is 5.91 Å². The second-order valence-corrected chi connectivity index (χ2v) is 7.10.